The van der Waals surface area contributed by atoms with Crippen LogP contribution in [0.5, 0.6) is 0 Å². The highest BCUT2D eigenvalue weighted by atomic mass is 16.2. The van der Waals surface area contributed by atoms with Gasteiger partial charge < -0.3 is 9.80 Å². The van der Waals surface area contributed by atoms with E-state index in [1.165, 1.54) is 0 Å². The summed E-state index contributed by atoms with van der Waals surface area (Å²) in [6.07, 6.45) is 4.41. The van der Waals surface area contributed by atoms with Gasteiger partial charge in [-0.3, -0.25) is 9.59 Å². The number of carbonyl (C=O) groups is 2. The molecule has 4 heteroatoms. The molecule has 2 aliphatic heterocycles. The Kier molecular flexibility index (Phi) is 5.45. The van der Waals surface area contributed by atoms with Crippen LogP contribution in [0.2, 0.25) is 0 Å². The van der Waals surface area contributed by atoms with Crippen LogP contribution in [0.3, 0.4) is 0 Å². The minimum Gasteiger partial charge on any atom is -0.342 e. The van der Waals surface area contributed by atoms with E-state index >= 15 is 0 Å². The standard InChI is InChI=1S/C21H30N2O2/c1-21(2)10-13-22(14-11-21)20(25)18-9-6-12-23(16-18)19(24)15-17-7-4-3-5-8-17/h3-5,7-8,18H,6,9-16H2,1-2H3/t18-/m0/s1. The molecule has 4 nitrogen and oxygen atoms in total. The maximum absolute atomic E-state index is 12.9. The number of likely N-dealkylation sites (tertiary alicyclic amines) is 2. The third kappa shape index (κ3) is 4.62. The molecule has 25 heavy (non-hydrogen) atoms. The maximum atomic E-state index is 12.9. The Morgan fingerprint density at radius 1 is 1.04 bits per heavy atom. The van der Waals surface area contributed by atoms with Gasteiger partial charge in [-0.05, 0) is 36.7 Å². The van der Waals surface area contributed by atoms with Crippen LogP contribution in [0.25, 0.3) is 0 Å². The number of rotatable bonds is 3. The van der Waals surface area contributed by atoms with Crippen molar-refractivity contribution in [2.45, 2.75) is 46.0 Å². The fourth-order valence-electron chi connectivity index (χ4n) is 3.88. The van der Waals surface area contributed by atoms with E-state index in [1.807, 2.05) is 40.1 Å². The molecule has 2 heterocycles. The van der Waals surface area contributed by atoms with E-state index in [2.05, 4.69) is 13.8 Å². The number of piperidine rings is 2. The summed E-state index contributed by atoms with van der Waals surface area (Å²) >= 11 is 0. The molecule has 1 aromatic carbocycles. The zero-order chi connectivity index (χ0) is 17.9. The SMILES string of the molecule is CC1(C)CCN(C(=O)[C@H]2CCCN(C(=O)Cc3ccccc3)C2)CC1. The normalized spacial score (nSPS) is 23.4. The zero-order valence-electron chi connectivity index (χ0n) is 15.5. The molecule has 1 aromatic rings. The molecule has 3 rings (SSSR count). The fraction of sp³-hybridized carbons (Fsp3) is 0.619. The monoisotopic (exact) mass is 342 g/mol. The lowest BCUT2D eigenvalue weighted by molar-refractivity contribution is -0.142. The summed E-state index contributed by atoms with van der Waals surface area (Å²) in [5.74, 6) is 0.380. The van der Waals surface area contributed by atoms with Gasteiger partial charge in [0.15, 0.2) is 0 Å². The topological polar surface area (TPSA) is 40.6 Å². The average Bonchev–Trinajstić information content (AvgIpc) is 2.62. The number of amides is 2. The molecule has 2 fully saturated rings. The summed E-state index contributed by atoms with van der Waals surface area (Å²) in [4.78, 5) is 29.4. The number of benzene rings is 1. The lowest BCUT2D eigenvalue weighted by atomic mass is 9.82. The van der Waals surface area contributed by atoms with Crippen molar-refractivity contribution in [2.24, 2.45) is 11.3 Å². The van der Waals surface area contributed by atoms with Crippen LogP contribution in [0, 0.1) is 11.3 Å². The van der Waals surface area contributed by atoms with Crippen LogP contribution in [-0.2, 0) is 16.0 Å². The molecule has 2 aliphatic rings. The number of hydrogen-bond acceptors (Lipinski definition) is 2. The number of hydrogen-bond donors (Lipinski definition) is 0. The van der Waals surface area contributed by atoms with Gasteiger partial charge in [0.05, 0.1) is 12.3 Å². The maximum Gasteiger partial charge on any atom is 0.227 e. The van der Waals surface area contributed by atoms with Gasteiger partial charge in [0, 0.05) is 26.2 Å². The van der Waals surface area contributed by atoms with Crippen molar-refractivity contribution in [3.05, 3.63) is 35.9 Å². The summed E-state index contributed by atoms with van der Waals surface area (Å²) in [7, 11) is 0. The van der Waals surface area contributed by atoms with Gasteiger partial charge >= 0.3 is 0 Å². The van der Waals surface area contributed by atoms with Gasteiger partial charge in [0.25, 0.3) is 0 Å². The summed E-state index contributed by atoms with van der Waals surface area (Å²) in [6.45, 7) is 7.65. The van der Waals surface area contributed by atoms with Crippen molar-refractivity contribution in [1.82, 2.24) is 9.80 Å². The quantitative estimate of drug-likeness (QED) is 0.847. The first-order chi connectivity index (χ1) is 11.9. The molecular weight excluding hydrogens is 312 g/mol. The van der Waals surface area contributed by atoms with E-state index in [9.17, 15) is 9.59 Å². The van der Waals surface area contributed by atoms with Gasteiger partial charge in [-0.2, -0.15) is 0 Å². The number of nitrogens with zero attached hydrogens (tertiary/aromatic N) is 2. The predicted octanol–water partition coefficient (Wildman–Crippen LogP) is 3.12. The lowest BCUT2D eigenvalue weighted by Gasteiger charge is -2.40. The van der Waals surface area contributed by atoms with E-state index in [1.54, 1.807) is 0 Å². The van der Waals surface area contributed by atoms with E-state index < -0.39 is 0 Å². The third-order valence-electron chi connectivity index (χ3n) is 5.75. The van der Waals surface area contributed by atoms with Crippen molar-refractivity contribution >= 4 is 11.8 Å². The van der Waals surface area contributed by atoms with Crippen LogP contribution >= 0.6 is 0 Å². The first kappa shape index (κ1) is 18.0. The molecule has 0 saturated carbocycles. The van der Waals surface area contributed by atoms with Gasteiger partial charge in [-0.1, -0.05) is 44.2 Å². The van der Waals surface area contributed by atoms with Crippen LogP contribution in [0.4, 0.5) is 0 Å². The van der Waals surface area contributed by atoms with E-state index in [-0.39, 0.29) is 17.7 Å². The predicted molar refractivity (Wildman–Crippen MR) is 99.0 cm³/mol. The average molecular weight is 342 g/mol. The van der Waals surface area contributed by atoms with Crippen molar-refractivity contribution in [3.8, 4) is 0 Å². The van der Waals surface area contributed by atoms with Gasteiger partial charge in [0.2, 0.25) is 11.8 Å². The first-order valence-electron chi connectivity index (χ1n) is 9.55. The second kappa shape index (κ2) is 7.59. The summed E-state index contributed by atoms with van der Waals surface area (Å²) in [5, 5.41) is 0. The Morgan fingerprint density at radius 3 is 2.40 bits per heavy atom. The van der Waals surface area contributed by atoms with E-state index in [0.29, 0.717) is 18.4 Å². The Balaban J connectivity index is 1.55. The lowest BCUT2D eigenvalue weighted by Crippen LogP contribution is -2.49. The number of carbonyl (C=O) groups excluding carboxylic acids is 2. The molecule has 0 unspecified atom stereocenters. The van der Waals surface area contributed by atoms with Crippen molar-refractivity contribution < 1.29 is 9.59 Å². The summed E-state index contributed by atoms with van der Waals surface area (Å²) < 4.78 is 0. The van der Waals surface area contributed by atoms with Crippen molar-refractivity contribution in [2.75, 3.05) is 26.2 Å². The molecule has 0 bridgehead atoms. The summed E-state index contributed by atoms with van der Waals surface area (Å²) in [6, 6.07) is 9.86. The highest BCUT2D eigenvalue weighted by molar-refractivity contribution is 5.82. The minimum atomic E-state index is -0.0188. The van der Waals surface area contributed by atoms with Crippen molar-refractivity contribution in [1.29, 1.82) is 0 Å². The van der Waals surface area contributed by atoms with Crippen LogP contribution in [0.1, 0.15) is 45.1 Å². The van der Waals surface area contributed by atoms with Crippen molar-refractivity contribution in [3.63, 3.8) is 0 Å². The Morgan fingerprint density at radius 2 is 1.72 bits per heavy atom. The van der Waals surface area contributed by atoms with Crippen LogP contribution in [0.15, 0.2) is 30.3 Å². The van der Waals surface area contributed by atoms with Crippen LogP contribution in [-0.4, -0.2) is 47.8 Å². The smallest absolute Gasteiger partial charge is 0.227 e. The molecule has 2 saturated heterocycles. The Hall–Kier alpha value is -1.84. The highest BCUT2D eigenvalue weighted by Crippen LogP contribution is 2.31. The zero-order valence-corrected chi connectivity index (χ0v) is 15.5. The molecule has 0 spiro atoms. The van der Waals surface area contributed by atoms with Gasteiger partial charge in [-0.15, -0.1) is 0 Å². The fourth-order valence-corrected chi connectivity index (χ4v) is 3.88. The summed E-state index contributed by atoms with van der Waals surface area (Å²) in [5.41, 5.74) is 1.39. The molecule has 2 amide bonds. The molecule has 0 radical (unpaired) electrons. The molecule has 0 aromatic heterocycles. The molecule has 0 aliphatic carbocycles. The molecular formula is C21H30N2O2. The van der Waals surface area contributed by atoms with Gasteiger partial charge in [-0.25, -0.2) is 0 Å². The minimum absolute atomic E-state index is 0.0188. The molecule has 1 atom stereocenters. The van der Waals surface area contributed by atoms with E-state index in [0.717, 1.165) is 50.9 Å². The Bertz CT molecular complexity index is 602. The Labute approximate surface area is 151 Å². The second-order valence-corrected chi connectivity index (χ2v) is 8.33. The largest absolute Gasteiger partial charge is 0.342 e. The third-order valence-corrected chi connectivity index (χ3v) is 5.75. The second-order valence-electron chi connectivity index (χ2n) is 8.33. The highest BCUT2D eigenvalue weighted by Gasteiger charge is 2.34. The molecule has 0 N–H and O–H groups in total. The first-order valence-corrected chi connectivity index (χ1v) is 9.55. The van der Waals surface area contributed by atoms with E-state index in [4.69, 9.17) is 0 Å². The van der Waals surface area contributed by atoms with Crippen LogP contribution < -0.4 is 0 Å². The van der Waals surface area contributed by atoms with Gasteiger partial charge in [0.1, 0.15) is 0 Å². The molecule has 136 valence electrons.